The summed E-state index contributed by atoms with van der Waals surface area (Å²) in [7, 11) is 0. The maximum Gasteiger partial charge on any atom is 0.432 e. The second-order valence-corrected chi connectivity index (χ2v) is 4.47. The van der Waals surface area contributed by atoms with Crippen molar-refractivity contribution < 1.29 is 9.90 Å². The maximum absolute atomic E-state index is 10.9. The van der Waals surface area contributed by atoms with E-state index < -0.39 is 11.6 Å². The van der Waals surface area contributed by atoms with Crippen molar-refractivity contribution in [3.8, 4) is 6.07 Å². The Balaban J connectivity index is 2.41. The van der Waals surface area contributed by atoms with Crippen molar-refractivity contribution in [2.45, 2.75) is 19.4 Å². The van der Waals surface area contributed by atoms with Gasteiger partial charge in [0.05, 0.1) is 17.8 Å². The molecule has 6 heteroatoms. The van der Waals surface area contributed by atoms with Gasteiger partial charge in [0.2, 0.25) is 0 Å². The van der Waals surface area contributed by atoms with Crippen LogP contribution in [0.25, 0.3) is 10.9 Å². The molecule has 6 nitrogen and oxygen atoms in total. The van der Waals surface area contributed by atoms with E-state index in [-0.39, 0.29) is 0 Å². The number of anilines is 1. The van der Waals surface area contributed by atoms with Crippen LogP contribution in [0.3, 0.4) is 0 Å². The molecule has 2 aromatic rings. The molecule has 0 spiro atoms. The fraction of sp³-hybridized carbons (Fsp3) is 0.250. The minimum absolute atomic E-state index is 0.516. The molecule has 0 amide bonds. The lowest BCUT2D eigenvalue weighted by atomic mass is 10.1. The van der Waals surface area contributed by atoms with Gasteiger partial charge in [0.25, 0.3) is 0 Å². The smallest absolute Gasteiger partial charge is 0.432 e. The van der Waals surface area contributed by atoms with Crippen LogP contribution in [0.4, 0.5) is 10.5 Å². The Morgan fingerprint density at radius 3 is 2.89 bits per heavy atom. The number of carboxylic acid groups (broad SMARTS) is 1. The lowest BCUT2D eigenvalue weighted by Gasteiger charge is -2.18. The Morgan fingerprint density at radius 2 is 2.28 bits per heavy atom. The van der Waals surface area contributed by atoms with Crippen molar-refractivity contribution in [1.82, 2.24) is 9.78 Å². The zero-order valence-corrected chi connectivity index (χ0v) is 10.0. The van der Waals surface area contributed by atoms with Crippen LogP contribution in [0.5, 0.6) is 0 Å². The molecular formula is C12H12N4O2. The van der Waals surface area contributed by atoms with Gasteiger partial charge in [-0.3, -0.25) is 0 Å². The van der Waals surface area contributed by atoms with E-state index in [2.05, 4.69) is 16.5 Å². The number of hydrogen-bond acceptors (Lipinski definition) is 4. The normalized spacial score (nSPS) is 11.2. The highest BCUT2D eigenvalue weighted by atomic mass is 16.4. The Morgan fingerprint density at radius 1 is 1.56 bits per heavy atom. The molecule has 18 heavy (non-hydrogen) atoms. The van der Waals surface area contributed by atoms with Crippen LogP contribution in [-0.2, 0) is 0 Å². The minimum atomic E-state index is -1.12. The van der Waals surface area contributed by atoms with Gasteiger partial charge in [0, 0.05) is 11.1 Å². The van der Waals surface area contributed by atoms with Crippen LogP contribution in [0.1, 0.15) is 13.8 Å². The van der Waals surface area contributed by atoms with Crippen molar-refractivity contribution >= 4 is 22.7 Å². The first-order valence-corrected chi connectivity index (χ1v) is 5.33. The fourth-order valence-electron chi connectivity index (χ4n) is 1.65. The number of nitriles is 1. The quantitative estimate of drug-likeness (QED) is 0.845. The Bertz CT molecular complexity index is 652. The summed E-state index contributed by atoms with van der Waals surface area (Å²) in [4.78, 5) is 10.9. The topological polar surface area (TPSA) is 90.9 Å². The van der Waals surface area contributed by atoms with Gasteiger partial charge in [-0.15, -0.1) is 0 Å². The molecule has 0 aliphatic carbocycles. The van der Waals surface area contributed by atoms with Crippen LogP contribution >= 0.6 is 0 Å². The summed E-state index contributed by atoms with van der Waals surface area (Å²) < 4.78 is 0.911. The zero-order valence-electron chi connectivity index (χ0n) is 10.0. The van der Waals surface area contributed by atoms with Gasteiger partial charge < -0.3 is 10.4 Å². The van der Waals surface area contributed by atoms with E-state index in [0.29, 0.717) is 10.9 Å². The summed E-state index contributed by atoms with van der Waals surface area (Å²) in [6, 6.07) is 7.28. The first kappa shape index (κ1) is 11.9. The number of nitrogens with zero attached hydrogens (tertiary/aromatic N) is 3. The molecule has 0 aliphatic rings. The molecule has 2 N–H and O–H groups in total. The largest absolute Gasteiger partial charge is 0.463 e. The Labute approximate surface area is 103 Å². The highest BCUT2D eigenvalue weighted by Gasteiger charge is 2.16. The van der Waals surface area contributed by atoms with E-state index in [1.165, 1.54) is 6.20 Å². The number of benzene rings is 1. The number of fused-ring (bicyclic) bond motifs is 1. The van der Waals surface area contributed by atoms with Gasteiger partial charge in [-0.05, 0) is 32.0 Å². The van der Waals surface area contributed by atoms with E-state index in [0.717, 1.165) is 10.4 Å². The number of nitrogens with one attached hydrogen (secondary N) is 1. The second kappa shape index (κ2) is 4.04. The van der Waals surface area contributed by atoms with Crippen molar-refractivity contribution in [3.63, 3.8) is 0 Å². The molecule has 0 saturated heterocycles. The highest BCUT2D eigenvalue weighted by molar-refractivity contribution is 5.89. The summed E-state index contributed by atoms with van der Waals surface area (Å²) in [5.74, 6) is 0. The van der Waals surface area contributed by atoms with Crippen LogP contribution in [0, 0.1) is 11.3 Å². The van der Waals surface area contributed by atoms with E-state index in [9.17, 15) is 4.79 Å². The molecule has 1 aromatic carbocycles. The molecule has 0 fully saturated rings. The number of carbonyl (C=O) groups is 1. The monoisotopic (exact) mass is 244 g/mol. The minimum Gasteiger partial charge on any atom is -0.463 e. The third kappa shape index (κ3) is 2.11. The predicted octanol–water partition coefficient (Wildman–Crippen LogP) is 2.28. The molecule has 2 rings (SSSR count). The average Bonchev–Trinajstić information content (AvgIpc) is 2.71. The molecule has 0 bridgehead atoms. The molecule has 1 heterocycles. The fourth-order valence-corrected chi connectivity index (χ4v) is 1.65. The van der Waals surface area contributed by atoms with Crippen LogP contribution in [0.2, 0.25) is 0 Å². The first-order chi connectivity index (χ1) is 8.43. The van der Waals surface area contributed by atoms with E-state index in [1.807, 2.05) is 0 Å². The molecule has 0 saturated carbocycles. The van der Waals surface area contributed by atoms with E-state index in [1.54, 1.807) is 32.0 Å². The summed E-state index contributed by atoms with van der Waals surface area (Å²) in [6.07, 6.45) is 0.358. The number of aromatic nitrogens is 2. The number of hydrogen-bond donors (Lipinski definition) is 2. The zero-order chi connectivity index (χ0) is 13.3. The van der Waals surface area contributed by atoms with Gasteiger partial charge in [-0.1, -0.05) is 0 Å². The van der Waals surface area contributed by atoms with Crippen LogP contribution in [-0.4, -0.2) is 26.5 Å². The molecular weight excluding hydrogens is 232 g/mol. The first-order valence-electron chi connectivity index (χ1n) is 5.33. The van der Waals surface area contributed by atoms with Crippen molar-refractivity contribution in [2.24, 2.45) is 0 Å². The van der Waals surface area contributed by atoms with Crippen molar-refractivity contribution in [3.05, 3.63) is 24.4 Å². The molecule has 0 aliphatic heterocycles. The lowest BCUT2D eigenvalue weighted by Crippen LogP contribution is -2.28. The highest BCUT2D eigenvalue weighted by Crippen LogP contribution is 2.21. The van der Waals surface area contributed by atoms with Gasteiger partial charge >= 0.3 is 6.09 Å². The lowest BCUT2D eigenvalue weighted by molar-refractivity contribution is 0.194. The SMILES string of the molecule is CC(C)(C#N)Nc1ccc2c(cnn2C(=O)O)c1. The second-order valence-electron chi connectivity index (χ2n) is 4.47. The number of rotatable bonds is 2. The Kier molecular flexibility index (Phi) is 2.67. The van der Waals surface area contributed by atoms with E-state index in [4.69, 9.17) is 10.4 Å². The Hall–Kier alpha value is -2.55. The molecule has 0 atom stereocenters. The van der Waals surface area contributed by atoms with Gasteiger partial charge in [0.1, 0.15) is 5.54 Å². The van der Waals surface area contributed by atoms with Crippen LogP contribution < -0.4 is 5.32 Å². The van der Waals surface area contributed by atoms with Gasteiger partial charge in [0.15, 0.2) is 0 Å². The van der Waals surface area contributed by atoms with E-state index >= 15 is 0 Å². The van der Waals surface area contributed by atoms with Crippen molar-refractivity contribution in [2.75, 3.05) is 5.32 Å². The summed E-state index contributed by atoms with van der Waals surface area (Å²) in [6.45, 7) is 3.52. The molecule has 0 unspecified atom stereocenters. The third-order valence-corrected chi connectivity index (χ3v) is 2.49. The molecule has 92 valence electrons. The van der Waals surface area contributed by atoms with Crippen molar-refractivity contribution in [1.29, 1.82) is 5.26 Å². The van der Waals surface area contributed by atoms with Gasteiger partial charge in [-0.2, -0.15) is 15.0 Å². The van der Waals surface area contributed by atoms with Crippen LogP contribution in [0.15, 0.2) is 24.4 Å². The molecule has 1 aromatic heterocycles. The summed E-state index contributed by atoms with van der Waals surface area (Å²) >= 11 is 0. The summed E-state index contributed by atoms with van der Waals surface area (Å²) in [5, 5.41) is 25.4. The summed E-state index contributed by atoms with van der Waals surface area (Å²) in [5.41, 5.74) is 0.581. The third-order valence-electron chi connectivity index (χ3n) is 2.49. The van der Waals surface area contributed by atoms with Gasteiger partial charge in [-0.25, -0.2) is 4.79 Å². The standard InChI is InChI=1S/C12H12N4O2/c1-12(2,7-13)15-9-3-4-10-8(5-9)6-14-16(10)11(17)18/h3-6,15H,1-2H3,(H,17,18). The molecule has 0 radical (unpaired) electrons. The predicted molar refractivity (Wildman–Crippen MR) is 66.5 cm³/mol. The maximum atomic E-state index is 10.9. The average molecular weight is 244 g/mol.